The molecule has 0 saturated carbocycles. The van der Waals surface area contributed by atoms with Crippen LogP contribution in [0.25, 0.3) is 5.65 Å². The predicted molar refractivity (Wildman–Crippen MR) is 142 cm³/mol. The number of piperazine rings is 1. The normalized spacial score (nSPS) is 14.3. The van der Waals surface area contributed by atoms with Crippen LogP contribution in [0.15, 0.2) is 55.0 Å². The molecule has 1 aliphatic heterocycles. The molecular weight excluding hydrogens is 504 g/mol. The fourth-order valence-corrected chi connectivity index (χ4v) is 4.27. The molecule has 0 bridgehead atoms. The Balaban J connectivity index is 1.26. The SMILES string of the molecule is Cc1cc(NC(=O)c2cncc(C#Cc3cnc4ccc(OC(F)F)nn34)c2)ccc1CN1CCN(C)CC1. The first-order chi connectivity index (χ1) is 18.8. The topological polar surface area (TPSA) is 87.9 Å². The van der Waals surface area contributed by atoms with Crippen molar-refractivity contribution in [1.29, 1.82) is 0 Å². The van der Waals surface area contributed by atoms with Gasteiger partial charge in [-0.3, -0.25) is 14.7 Å². The van der Waals surface area contributed by atoms with Crippen LogP contribution < -0.4 is 10.1 Å². The van der Waals surface area contributed by atoms with Crippen molar-refractivity contribution in [3.63, 3.8) is 0 Å². The van der Waals surface area contributed by atoms with Gasteiger partial charge in [0.15, 0.2) is 5.65 Å². The van der Waals surface area contributed by atoms with E-state index in [1.54, 1.807) is 6.07 Å². The number of imidazole rings is 1. The lowest BCUT2D eigenvalue weighted by Crippen LogP contribution is -2.43. The molecule has 0 aliphatic carbocycles. The number of amides is 1. The van der Waals surface area contributed by atoms with Crippen molar-refractivity contribution in [3.8, 4) is 17.7 Å². The number of nitrogens with zero attached hydrogens (tertiary/aromatic N) is 6. The summed E-state index contributed by atoms with van der Waals surface area (Å²) in [5.74, 6) is 5.27. The second-order valence-corrected chi connectivity index (χ2v) is 9.35. The highest BCUT2D eigenvalue weighted by Gasteiger charge is 2.15. The third kappa shape index (κ3) is 6.54. The number of hydrogen-bond donors (Lipinski definition) is 1. The summed E-state index contributed by atoms with van der Waals surface area (Å²) < 4.78 is 30.7. The standard InChI is InChI=1S/C28H27F2N7O2/c1-19-13-23(5-4-21(19)18-36-11-9-35(2)10-12-36)33-27(38)22-14-20(15-31-16-22)3-6-24-17-32-25-7-8-26(34-37(24)25)39-28(29)30/h4-5,7-8,13-17,28H,9-12,18H2,1-2H3,(H,33,38). The van der Waals surface area contributed by atoms with E-state index >= 15 is 0 Å². The molecule has 3 aromatic heterocycles. The maximum absolute atomic E-state index is 12.9. The number of pyridine rings is 1. The number of benzene rings is 1. The summed E-state index contributed by atoms with van der Waals surface area (Å²) in [7, 11) is 2.14. The van der Waals surface area contributed by atoms with Gasteiger partial charge in [0.1, 0.15) is 5.69 Å². The summed E-state index contributed by atoms with van der Waals surface area (Å²) in [6.07, 6.45) is 4.48. The monoisotopic (exact) mass is 531 g/mol. The first kappa shape index (κ1) is 26.2. The molecule has 9 nitrogen and oxygen atoms in total. The molecule has 4 aromatic rings. The first-order valence-corrected chi connectivity index (χ1v) is 12.4. The van der Waals surface area contributed by atoms with E-state index in [9.17, 15) is 13.6 Å². The number of rotatable bonds is 6. The van der Waals surface area contributed by atoms with Gasteiger partial charge in [-0.1, -0.05) is 12.0 Å². The number of fused-ring (bicyclic) bond motifs is 1. The average Bonchev–Trinajstić information content (AvgIpc) is 3.32. The molecule has 4 heterocycles. The first-order valence-electron chi connectivity index (χ1n) is 12.4. The molecule has 11 heteroatoms. The molecule has 200 valence electrons. The predicted octanol–water partition coefficient (Wildman–Crippen LogP) is 3.43. The minimum atomic E-state index is -2.99. The Morgan fingerprint density at radius 2 is 1.90 bits per heavy atom. The Bertz CT molecular complexity index is 1550. The molecular formula is C28H27F2N7O2. The highest BCUT2D eigenvalue weighted by Crippen LogP contribution is 2.19. The fourth-order valence-electron chi connectivity index (χ4n) is 4.27. The smallest absolute Gasteiger partial charge is 0.388 e. The summed E-state index contributed by atoms with van der Waals surface area (Å²) in [5.41, 5.74) is 4.71. The van der Waals surface area contributed by atoms with Crippen LogP contribution in [0, 0.1) is 18.8 Å². The van der Waals surface area contributed by atoms with Crippen molar-refractivity contribution >= 4 is 17.2 Å². The van der Waals surface area contributed by atoms with E-state index < -0.39 is 6.61 Å². The Morgan fingerprint density at radius 3 is 2.67 bits per heavy atom. The van der Waals surface area contributed by atoms with E-state index in [0.29, 0.717) is 28.2 Å². The lowest BCUT2D eigenvalue weighted by Gasteiger charge is -2.32. The van der Waals surface area contributed by atoms with Gasteiger partial charge in [0.05, 0.1) is 11.8 Å². The number of hydrogen-bond acceptors (Lipinski definition) is 7. The van der Waals surface area contributed by atoms with Gasteiger partial charge in [-0.15, -0.1) is 5.10 Å². The highest BCUT2D eigenvalue weighted by molar-refractivity contribution is 6.04. The number of alkyl halides is 2. The number of carbonyl (C=O) groups is 1. The van der Waals surface area contributed by atoms with Gasteiger partial charge in [0.2, 0.25) is 5.88 Å². The number of aromatic nitrogens is 4. The molecule has 0 radical (unpaired) electrons. The number of aryl methyl sites for hydroxylation is 1. The van der Waals surface area contributed by atoms with Crippen LogP contribution in [-0.4, -0.2) is 75.1 Å². The Kier molecular flexibility index (Phi) is 7.76. The van der Waals surface area contributed by atoms with Gasteiger partial charge < -0.3 is 15.0 Å². The number of halogens is 2. The molecule has 0 spiro atoms. The van der Waals surface area contributed by atoms with E-state index in [0.717, 1.165) is 38.3 Å². The van der Waals surface area contributed by atoms with Crippen molar-refractivity contribution in [1.82, 2.24) is 29.4 Å². The zero-order valence-electron chi connectivity index (χ0n) is 21.6. The molecule has 1 aromatic carbocycles. The van der Waals surface area contributed by atoms with Gasteiger partial charge >= 0.3 is 6.61 Å². The van der Waals surface area contributed by atoms with Crippen LogP contribution in [0.1, 0.15) is 32.7 Å². The van der Waals surface area contributed by atoms with Crippen LogP contribution in [0.4, 0.5) is 14.5 Å². The summed E-state index contributed by atoms with van der Waals surface area (Å²) in [4.78, 5) is 26.0. The van der Waals surface area contributed by atoms with E-state index in [1.165, 1.54) is 40.8 Å². The largest absolute Gasteiger partial charge is 0.415 e. The highest BCUT2D eigenvalue weighted by atomic mass is 19.3. The quantitative estimate of drug-likeness (QED) is 0.382. The second-order valence-electron chi connectivity index (χ2n) is 9.35. The number of likely N-dealkylation sites (N-methyl/N-ethyl adjacent to an activating group) is 1. The van der Waals surface area contributed by atoms with E-state index in [2.05, 4.69) is 66.8 Å². The van der Waals surface area contributed by atoms with Crippen molar-refractivity contribution in [2.45, 2.75) is 20.1 Å². The van der Waals surface area contributed by atoms with Crippen LogP contribution in [0.3, 0.4) is 0 Å². The van der Waals surface area contributed by atoms with Gasteiger partial charge in [0.25, 0.3) is 5.91 Å². The molecule has 0 atom stereocenters. The maximum atomic E-state index is 12.9. The lowest BCUT2D eigenvalue weighted by atomic mass is 10.1. The average molecular weight is 532 g/mol. The zero-order chi connectivity index (χ0) is 27.4. The molecule has 1 aliphatic rings. The minimum absolute atomic E-state index is 0.249. The molecule has 1 fully saturated rings. The summed E-state index contributed by atoms with van der Waals surface area (Å²) in [6, 6.07) is 10.4. The van der Waals surface area contributed by atoms with E-state index in [4.69, 9.17) is 0 Å². The second kappa shape index (κ2) is 11.6. The maximum Gasteiger partial charge on any atom is 0.388 e. The molecule has 0 unspecified atom stereocenters. The third-order valence-corrected chi connectivity index (χ3v) is 6.47. The molecule has 1 amide bonds. The third-order valence-electron chi connectivity index (χ3n) is 6.47. The van der Waals surface area contributed by atoms with Gasteiger partial charge in [0, 0.05) is 62.4 Å². The fraction of sp³-hybridized carbons (Fsp3) is 0.286. The van der Waals surface area contributed by atoms with Crippen LogP contribution >= 0.6 is 0 Å². The molecule has 5 rings (SSSR count). The summed E-state index contributed by atoms with van der Waals surface area (Å²) in [5, 5.41) is 6.93. The Labute approximate surface area is 224 Å². The molecule has 1 N–H and O–H groups in total. The van der Waals surface area contributed by atoms with Crippen LogP contribution in [-0.2, 0) is 6.54 Å². The van der Waals surface area contributed by atoms with E-state index in [1.807, 2.05) is 12.1 Å². The van der Waals surface area contributed by atoms with Crippen molar-refractivity contribution in [2.75, 3.05) is 38.5 Å². The summed E-state index contributed by atoms with van der Waals surface area (Å²) in [6.45, 7) is 4.18. The number of ether oxygens (including phenoxy) is 1. The number of carbonyl (C=O) groups excluding carboxylic acids is 1. The van der Waals surface area contributed by atoms with Crippen molar-refractivity contribution in [2.24, 2.45) is 0 Å². The molecule has 1 saturated heterocycles. The molecule has 39 heavy (non-hydrogen) atoms. The van der Waals surface area contributed by atoms with Gasteiger partial charge in [-0.2, -0.15) is 8.78 Å². The van der Waals surface area contributed by atoms with Crippen molar-refractivity contribution in [3.05, 3.63) is 82.9 Å². The Morgan fingerprint density at radius 1 is 1.08 bits per heavy atom. The summed E-state index contributed by atoms with van der Waals surface area (Å²) >= 11 is 0. The van der Waals surface area contributed by atoms with E-state index in [-0.39, 0.29) is 11.8 Å². The number of anilines is 1. The van der Waals surface area contributed by atoms with Gasteiger partial charge in [-0.05, 0) is 55.3 Å². The lowest BCUT2D eigenvalue weighted by molar-refractivity contribution is -0.0535. The number of nitrogens with one attached hydrogen (secondary N) is 1. The van der Waals surface area contributed by atoms with Crippen LogP contribution in [0.2, 0.25) is 0 Å². The minimum Gasteiger partial charge on any atom is -0.415 e. The van der Waals surface area contributed by atoms with Gasteiger partial charge in [-0.25, -0.2) is 9.50 Å². The van der Waals surface area contributed by atoms with Crippen LogP contribution in [0.5, 0.6) is 5.88 Å². The zero-order valence-corrected chi connectivity index (χ0v) is 21.6. The van der Waals surface area contributed by atoms with Crippen molar-refractivity contribution < 1.29 is 18.3 Å². The Hall–Kier alpha value is -4.40.